The van der Waals surface area contributed by atoms with Crippen LogP contribution in [0.15, 0.2) is 34.3 Å². The number of rotatable bonds is 7. The molecular weight excluding hydrogens is 293 g/mol. The minimum Gasteiger partial charge on any atom is -0.316 e. The molecule has 0 aromatic heterocycles. The summed E-state index contributed by atoms with van der Waals surface area (Å²) >= 11 is 3.40. The molecule has 100 valence electrons. The lowest BCUT2D eigenvalue weighted by Crippen LogP contribution is -2.15. The van der Waals surface area contributed by atoms with Crippen LogP contribution >= 0.6 is 15.9 Å². The zero-order valence-corrected chi connectivity index (χ0v) is 12.7. The van der Waals surface area contributed by atoms with Crippen LogP contribution in [-0.4, -0.2) is 13.1 Å². The second-order valence-electron chi connectivity index (χ2n) is 4.50. The predicted molar refractivity (Wildman–Crippen MR) is 79.3 cm³/mol. The third-order valence-corrected chi connectivity index (χ3v) is 3.46. The number of hydrogen-bond donors (Lipinski definition) is 1. The quantitative estimate of drug-likeness (QED) is 0.578. The average molecular weight is 314 g/mol. The first-order valence-corrected chi connectivity index (χ1v) is 7.23. The number of nitrogens with one attached hydrogen (secondary N) is 1. The van der Waals surface area contributed by atoms with Gasteiger partial charge in [0.1, 0.15) is 5.82 Å². The first-order chi connectivity index (χ1) is 8.63. The second kappa shape index (κ2) is 8.44. The zero-order chi connectivity index (χ0) is 13.4. The largest absolute Gasteiger partial charge is 0.316 e. The topological polar surface area (TPSA) is 12.0 Å². The maximum Gasteiger partial charge on any atom is 0.124 e. The summed E-state index contributed by atoms with van der Waals surface area (Å²) in [6.07, 6.45) is 5.34. The molecule has 1 aromatic carbocycles. The Kier molecular flexibility index (Phi) is 7.21. The van der Waals surface area contributed by atoms with Gasteiger partial charge in [-0.25, -0.2) is 4.39 Å². The van der Waals surface area contributed by atoms with Gasteiger partial charge in [-0.05, 0) is 57.0 Å². The molecule has 0 heterocycles. The lowest BCUT2D eigenvalue weighted by atomic mass is 10.1. The molecule has 0 aliphatic rings. The van der Waals surface area contributed by atoms with Crippen molar-refractivity contribution in [1.29, 1.82) is 0 Å². The van der Waals surface area contributed by atoms with Crippen molar-refractivity contribution in [3.63, 3.8) is 0 Å². The van der Waals surface area contributed by atoms with Crippen LogP contribution in [0.3, 0.4) is 0 Å². The molecule has 0 aliphatic heterocycles. The van der Waals surface area contributed by atoms with E-state index in [0.29, 0.717) is 0 Å². The van der Waals surface area contributed by atoms with E-state index in [-0.39, 0.29) is 5.82 Å². The standard InChI is InChI=1S/C15H21BrFN/c1-3-8-18-9-4-5-12(2)10-13-6-7-14(17)11-15(13)16/h5-7,11,18H,3-4,8-10H2,1-2H3. The van der Waals surface area contributed by atoms with Crippen molar-refractivity contribution in [2.75, 3.05) is 13.1 Å². The number of allylic oxidation sites excluding steroid dienone is 1. The van der Waals surface area contributed by atoms with Crippen molar-refractivity contribution in [2.45, 2.75) is 33.1 Å². The highest BCUT2D eigenvalue weighted by Crippen LogP contribution is 2.20. The van der Waals surface area contributed by atoms with Crippen molar-refractivity contribution in [2.24, 2.45) is 0 Å². The molecule has 1 aromatic rings. The maximum absolute atomic E-state index is 13.0. The first-order valence-electron chi connectivity index (χ1n) is 6.43. The Morgan fingerprint density at radius 3 is 2.83 bits per heavy atom. The van der Waals surface area contributed by atoms with Crippen molar-refractivity contribution in [3.8, 4) is 0 Å². The Balaban J connectivity index is 2.43. The van der Waals surface area contributed by atoms with Crippen molar-refractivity contribution < 1.29 is 4.39 Å². The summed E-state index contributed by atoms with van der Waals surface area (Å²) in [6.45, 7) is 6.39. The summed E-state index contributed by atoms with van der Waals surface area (Å²) in [6, 6.07) is 4.87. The molecule has 0 amide bonds. The van der Waals surface area contributed by atoms with Gasteiger partial charge in [0.05, 0.1) is 0 Å². The first kappa shape index (κ1) is 15.4. The predicted octanol–water partition coefficient (Wildman–Crippen LogP) is 4.47. The van der Waals surface area contributed by atoms with Crippen LogP contribution in [0.5, 0.6) is 0 Å². The Bertz CT molecular complexity index is 401. The van der Waals surface area contributed by atoms with E-state index in [1.54, 1.807) is 0 Å². The van der Waals surface area contributed by atoms with Crippen LogP contribution < -0.4 is 5.32 Å². The average Bonchev–Trinajstić information content (AvgIpc) is 2.32. The number of hydrogen-bond acceptors (Lipinski definition) is 1. The van der Waals surface area contributed by atoms with Gasteiger partial charge in [0.15, 0.2) is 0 Å². The van der Waals surface area contributed by atoms with Crippen LogP contribution in [-0.2, 0) is 6.42 Å². The molecule has 0 atom stereocenters. The Morgan fingerprint density at radius 2 is 2.17 bits per heavy atom. The lowest BCUT2D eigenvalue weighted by Gasteiger charge is -2.06. The van der Waals surface area contributed by atoms with Crippen LogP contribution in [0.1, 0.15) is 32.3 Å². The fourth-order valence-corrected chi connectivity index (χ4v) is 2.25. The highest BCUT2D eigenvalue weighted by Gasteiger charge is 2.02. The molecular formula is C15H21BrFN. The second-order valence-corrected chi connectivity index (χ2v) is 5.36. The van der Waals surface area contributed by atoms with Crippen LogP contribution in [0, 0.1) is 5.82 Å². The minimum absolute atomic E-state index is 0.198. The molecule has 0 aliphatic carbocycles. The molecule has 0 saturated heterocycles. The molecule has 0 spiro atoms. The van der Waals surface area contributed by atoms with E-state index in [2.05, 4.69) is 41.2 Å². The van der Waals surface area contributed by atoms with E-state index in [1.807, 2.05) is 6.07 Å². The highest BCUT2D eigenvalue weighted by atomic mass is 79.9. The summed E-state index contributed by atoms with van der Waals surface area (Å²) < 4.78 is 13.8. The molecule has 0 saturated carbocycles. The van der Waals surface area contributed by atoms with Gasteiger partial charge in [-0.3, -0.25) is 0 Å². The van der Waals surface area contributed by atoms with E-state index in [0.717, 1.165) is 36.0 Å². The summed E-state index contributed by atoms with van der Waals surface area (Å²) in [4.78, 5) is 0. The summed E-state index contributed by atoms with van der Waals surface area (Å²) in [7, 11) is 0. The van der Waals surface area contributed by atoms with Crippen LogP contribution in [0.25, 0.3) is 0 Å². The van der Waals surface area contributed by atoms with E-state index in [4.69, 9.17) is 0 Å². The SMILES string of the molecule is CCCNCCC=C(C)Cc1ccc(F)cc1Br. The van der Waals surface area contributed by atoms with Crippen molar-refractivity contribution in [3.05, 3.63) is 45.7 Å². The van der Waals surface area contributed by atoms with Crippen molar-refractivity contribution >= 4 is 15.9 Å². The van der Waals surface area contributed by atoms with Gasteiger partial charge >= 0.3 is 0 Å². The van der Waals surface area contributed by atoms with E-state index in [9.17, 15) is 4.39 Å². The molecule has 0 bridgehead atoms. The fourth-order valence-electron chi connectivity index (χ4n) is 1.76. The normalized spacial score (nSPS) is 11.9. The number of halogens is 2. The van der Waals surface area contributed by atoms with Crippen LogP contribution in [0.2, 0.25) is 0 Å². The van der Waals surface area contributed by atoms with Crippen LogP contribution in [0.4, 0.5) is 4.39 Å². The fraction of sp³-hybridized carbons (Fsp3) is 0.467. The van der Waals surface area contributed by atoms with E-state index in [1.165, 1.54) is 24.1 Å². The van der Waals surface area contributed by atoms with Gasteiger partial charge < -0.3 is 5.32 Å². The van der Waals surface area contributed by atoms with Gasteiger partial charge in [0.25, 0.3) is 0 Å². The minimum atomic E-state index is -0.198. The molecule has 1 rings (SSSR count). The van der Waals surface area contributed by atoms with Crippen molar-refractivity contribution in [1.82, 2.24) is 5.32 Å². The van der Waals surface area contributed by atoms with Gasteiger partial charge in [0, 0.05) is 4.47 Å². The summed E-state index contributed by atoms with van der Waals surface area (Å²) in [5, 5.41) is 3.37. The number of benzene rings is 1. The van der Waals surface area contributed by atoms with Gasteiger partial charge in [-0.2, -0.15) is 0 Å². The smallest absolute Gasteiger partial charge is 0.124 e. The Hall–Kier alpha value is -0.670. The van der Waals surface area contributed by atoms with Gasteiger partial charge in [-0.15, -0.1) is 0 Å². The molecule has 1 nitrogen and oxygen atoms in total. The molecule has 0 fully saturated rings. The molecule has 0 unspecified atom stereocenters. The highest BCUT2D eigenvalue weighted by molar-refractivity contribution is 9.10. The lowest BCUT2D eigenvalue weighted by molar-refractivity contribution is 0.626. The Labute approximate surface area is 118 Å². The molecule has 0 radical (unpaired) electrons. The Morgan fingerprint density at radius 1 is 1.39 bits per heavy atom. The molecule has 18 heavy (non-hydrogen) atoms. The van der Waals surface area contributed by atoms with E-state index < -0.39 is 0 Å². The third-order valence-electron chi connectivity index (χ3n) is 2.73. The monoisotopic (exact) mass is 313 g/mol. The summed E-state index contributed by atoms with van der Waals surface area (Å²) in [5.41, 5.74) is 2.45. The summed E-state index contributed by atoms with van der Waals surface area (Å²) in [5.74, 6) is -0.198. The zero-order valence-electron chi connectivity index (χ0n) is 11.1. The van der Waals surface area contributed by atoms with Gasteiger partial charge in [0.2, 0.25) is 0 Å². The van der Waals surface area contributed by atoms with E-state index >= 15 is 0 Å². The molecule has 1 N–H and O–H groups in total. The maximum atomic E-state index is 13.0. The molecule has 3 heteroatoms. The van der Waals surface area contributed by atoms with Gasteiger partial charge in [-0.1, -0.05) is 40.6 Å². The third kappa shape index (κ3) is 5.78.